The maximum absolute atomic E-state index is 13.3. The summed E-state index contributed by atoms with van der Waals surface area (Å²) in [7, 11) is 0. The lowest BCUT2D eigenvalue weighted by molar-refractivity contribution is -0.150. The van der Waals surface area contributed by atoms with Gasteiger partial charge in [-0.2, -0.15) is 9.36 Å². The number of aliphatic carboxylic acids is 1. The molecule has 0 saturated carbocycles. The largest absolute Gasteiger partial charge is 0.477 e. The van der Waals surface area contributed by atoms with Gasteiger partial charge in [-0.1, -0.05) is 35.1 Å². The second kappa shape index (κ2) is 14.3. The van der Waals surface area contributed by atoms with Gasteiger partial charge in [-0.3, -0.25) is 14.5 Å². The Bertz CT molecular complexity index is 1720. The molecule has 4 heterocycles. The van der Waals surface area contributed by atoms with Crippen molar-refractivity contribution in [3.63, 3.8) is 0 Å². The van der Waals surface area contributed by atoms with E-state index < -0.39 is 40.9 Å². The van der Waals surface area contributed by atoms with Gasteiger partial charge in [0.25, 0.3) is 11.8 Å². The van der Waals surface area contributed by atoms with Crippen LogP contribution in [-0.4, -0.2) is 104 Å². The van der Waals surface area contributed by atoms with Gasteiger partial charge >= 0.3 is 12.1 Å². The maximum atomic E-state index is 13.3. The first kappa shape index (κ1) is 33.6. The van der Waals surface area contributed by atoms with Crippen LogP contribution in [0.25, 0.3) is 0 Å². The van der Waals surface area contributed by atoms with E-state index in [2.05, 4.69) is 40.7 Å². The number of rotatable bonds is 12. The number of oxime groups is 1. The average molecular weight is 704 g/mol. The van der Waals surface area contributed by atoms with Crippen molar-refractivity contribution < 1.29 is 33.9 Å². The number of alkyl carbamates (subject to hydrolysis) is 1. The predicted molar refractivity (Wildman–Crippen MR) is 170 cm³/mol. The van der Waals surface area contributed by atoms with Gasteiger partial charge in [-0.15, -0.1) is 16.9 Å². The molecule has 5 rings (SSSR count). The van der Waals surface area contributed by atoms with E-state index in [1.54, 1.807) is 51.1 Å². The third-order valence-corrected chi connectivity index (χ3v) is 9.18. The van der Waals surface area contributed by atoms with Gasteiger partial charge in [0.2, 0.25) is 16.7 Å². The molecule has 3 amide bonds. The van der Waals surface area contributed by atoms with Gasteiger partial charge in [0.15, 0.2) is 10.9 Å². The number of β-lactam (4-membered cyclic amide) rings is 1. The molecule has 18 nitrogen and oxygen atoms in total. The van der Waals surface area contributed by atoms with Crippen molar-refractivity contribution in [3.8, 4) is 5.75 Å². The highest BCUT2D eigenvalue weighted by atomic mass is 32.2. The smallest absolute Gasteiger partial charge is 0.407 e. The van der Waals surface area contributed by atoms with E-state index >= 15 is 0 Å². The van der Waals surface area contributed by atoms with Crippen molar-refractivity contribution in [2.45, 2.75) is 49.5 Å². The molecular weight excluding hydrogens is 675 g/mol. The number of ether oxygens (including phenoxy) is 1. The molecule has 1 fully saturated rings. The number of amides is 3. The van der Waals surface area contributed by atoms with E-state index in [-0.39, 0.29) is 47.0 Å². The molecule has 0 radical (unpaired) electrons. The molecular formula is C26H29N11O7S3. The fourth-order valence-electron chi connectivity index (χ4n) is 4.27. The number of nitrogens with two attached hydrogens (primary N) is 1. The summed E-state index contributed by atoms with van der Waals surface area (Å²) >= 11 is 3.34. The average Bonchev–Trinajstić information content (AvgIpc) is 3.66. The Morgan fingerprint density at radius 1 is 1.23 bits per heavy atom. The number of carboxylic acids is 1. The van der Waals surface area contributed by atoms with E-state index in [1.165, 1.54) is 28.2 Å². The van der Waals surface area contributed by atoms with Crippen LogP contribution in [0.4, 0.5) is 9.93 Å². The summed E-state index contributed by atoms with van der Waals surface area (Å²) in [5.41, 5.74) is 5.06. The highest BCUT2D eigenvalue weighted by Gasteiger charge is 2.54. The zero-order chi connectivity index (χ0) is 33.7. The van der Waals surface area contributed by atoms with Crippen molar-refractivity contribution >= 4 is 69.8 Å². The molecule has 2 aliphatic heterocycles. The molecule has 3 aromatic rings. The first-order valence-electron chi connectivity index (χ1n) is 13.9. The summed E-state index contributed by atoms with van der Waals surface area (Å²) in [6.45, 7) is 5.70. The quantitative estimate of drug-likeness (QED) is 0.0888. The number of thioether (sulfide) groups is 2. The number of hydrogen-bond acceptors (Lipinski definition) is 16. The molecule has 1 saturated heterocycles. The summed E-state index contributed by atoms with van der Waals surface area (Å²) in [4.78, 5) is 61.4. The molecule has 0 aliphatic carbocycles. The van der Waals surface area contributed by atoms with Crippen molar-refractivity contribution in [1.82, 2.24) is 45.1 Å². The molecule has 1 unspecified atom stereocenters. The molecule has 0 spiro atoms. The molecule has 2 aromatic heterocycles. The lowest BCUT2D eigenvalue weighted by Gasteiger charge is -2.49. The van der Waals surface area contributed by atoms with Crippen molar-refractivity contribution in [2.24, 2.45) is 5.16 Å². The number of tetrazole rings is 1. The first-order chi connectivity index (χ1) is 22.4. The Hall–Kier alpha value is -4.76. The molecule has 2 aliphatic rings. The van der Waals surface area contributed by atoms with E-state index in [4.69, 9.17) is 15.3 Å². The molecule has 21 heteroatoms. The lowest BCUT2D eigenvalue weighted by Crippen LogP contribution is -2.71. The van der Waals surface area contributed by atoms with Crippen LogP contribution in [-0.2, 0) is 25.7 Å². The number of nitrogens with one attached hydrogen (secondary N) is 2. The van der Waals surface area contributed by atoms with Crippen LogP contribution < -0.4 is 21.2 Å². The van der Waals surface area contributed by atoms with Crippen LogP contribution in [0.5, 0.6) is 5.75 Å². The number of carbonyl (C=O) groups excluding carboxylic acids is 3. The normalized spacial score (nSPS) is 17.9. The van der Waals surface area contributed by atoms with Crippen LogP contribution in [0.2, 0.25) is 0 Å². The van der Waals surface area contributed by atoms with Gasteiger partial charge < -0.3 is 31.0 Å². The van der Waals surface area contributed by atoms with Crippen molar-refractivity contribution in [1.29, 1.82) is 0 Å². The number of carbonyl (C=O) groups is 4. The Morgan fingerprint density at radius 2 is 2.00 bits per heavy atom. The number of fused-ring (bicyclic) bond motifs is 1. The zero-order valence-corrected chi connectivity index (χ0v) is 27.6. The fraction of sp³-hybridized carbons (Fsp3) is 0.385. The standard InChI is InChI=1S/C26H29N11O7S3/c1-26(2,3)43-25(42)28-9-10-36-24(31-34-35-36)46-12-13-11-45-21-16(20(39)37(21)17(13)22(40)41)29-19(38)15(18-30-23(27)47-33-18)32-44-14-7-5-4-6-8-14/h4-8,16,21H,9-12H2,1-3H3,(H,28,42)(H,29,38)(H,40,41)(H2,27,30,33)/b32-15-/t16?,21-/m1/s1. The predicted octanol–water partition coefficient (Wildman–Crippen LogP) is 0.946. The van der Waals surface area contributed by atoms with E-state index in [1.807, 2.05) is 0 Å². The van der Waals surface area contributed by atoms with E-state index in [9.17, 15) is 24.3 Å². The topological polar surface area (TPSA) is 242 Å². The minimum atomic E-state index is -1.29. The second-order valence-corrected chi connectivity index (χ2v) is 13.7. The van der Waals surface area contributed by atoms with E-state index in [0.717, 1.165) is 16.4 Å². The Balaban J connectivity index is 1.23. The van der Waals surface area contributed by atoms with Crippen molar-refractivity contribution in [3.05, 3.63) is 47.4 Å². The highest BCUT2D eigenvalue weighted by Crippen LogP contribution is 2.41. The number of para-hydroxylation sites is 1. The Morgan fingerprint density at radius 3 is 2.68 bits per heavy atom. The monoisotopic (exact) mass is 703 g/mol. The van der Waals surface area contributed by atoms with E-state index in [0.29, 0.717) is 16.5 Å². The number of anilines is 1. The summed E-state index contributed by atoms with van der Waals surface area (Å²) in [6, 6.07) is 7.45. The number of nitrogen functional groups attached to an aromatic ring is 1. The van der Waals surface area contributed by atoms with Crippen LogP contribution >= 0.6 is 35.1 Å². The van der Waals surface area contributed by atoms with Gasteiger partial charge in [0, 0.05) is 29.6 Å². The Labute approximate surface area is 279 Å². The van der Waals surface area contributed by atoms with Gasteiger partial charge in [0.1, 0.15) is 22.7 Å². The van der Waals surface area contributed by atoms with Crippen LogP contribution in [0, 0.1) is 0 Å². The molecule has 2 atom stereocenters. The van der Waals surface area contributed by atoms with Gasteiger partial charge in [-0.25, -0.2) is 14.3 Å². The number of hydrogen-bond donors (Lipinski definition) is 4. The number of benzene rings is 1. The van der Waals surface area contributed by atoms with Crippen molar-refractivity contribution in [2.75, 3.05) is 23.8 Å². The minimum absolute atomic E-state index is 0.0887. The van der Waals surface area contributed by atoms with Gasteiger partial charge in [0.05, 0.1) is 6.54 Å². The van der Waals surface area contributed by atoms with Crippen LogP contribution in [0.1, 0.15) is 26.6 Å². The third-order valence-electron chi connectivity index (χ3n) is 6.26. The number of aromatic nitrogens is 6. The van der Waals surface area contributed by atoms with Crippen LogP contribution in [0.15, 0.2) is 51.9 Å². The number of carboxylic acid groups (broad SMARTS) is 1. The van der Waals surface area contributed by atoms with Crippen LogP contribution in [0.3, 0.4) is 0 Å². The second-order valence-electron chi connectivity index (χ2n) is 10.8. The summed E-state index contributed by atoms with van der Waals surface area (Å²) in [6.07, 6.45) is -0.577. The zero-order valence-electron chi connectivity index (χ0n) is 25.1. The summed E-state index contributed by atoms with van der Waals surface area (Å²) in [5, 5.41) is 30.6. The maximum Gasteiger partial charge on any atom is 0.407 e. The van der Waals surface area contributed by atoms with Gasteiger partial charge in [-0.05, 0) is 48.9 Å². The highest BCUT2D eigenvalue weighted by molar-refractivity contribution is 8.01. The summed E-state index contributed by atoms with van der Waals surface area (Å²) < 4.78 is 10.7. The molecule has 0 bridgehead atoms. The third kappa shape index (κ3) is 8.16. The summed E-state index contributed by atoms with van der Waals surface area (Å²) in [5.74, 6) is -2.00. The minimum Gasteiger partial charge on any atom is -0.477 e. The first-order valence-corrected chi connectivity index (χ1v) is 16.7. The molecule has 5 N–H and O–H groups in total. The lowest BCUT2D eigenvalue weighted by atomic mass is 10.0. The SMILES string of the molecule is CC(C)(C)OC(=O)NCCn1nnnc1SCC1=C(C(=O)O)N2C(=O)C(NC(=O)/C(=N\Oc3ccccc3)c3nsc(N)n3)[C@H]2SC1. The number of nitrogens with zero attached hydrogens (tertiary/aromatic N) is 8. The molecule has 47 heavy (non-hydrogen) atoms. The molecule has 248 valence electrons. The Kier molecular flexibility index (Phi) is 10.3. The molecule has 1 aromatic carbocycles. The fourth-order valence-corrected chi connectivity index (χ4v) is 7.09.